The Morgan fingerprint density at radius 1 is 0.646 bits per heavy atom. The molecule has 0 aliphatic heterocycles. The molecule has 0 radical (unpaired) electrons. The number of fused-ring (bicyclic) bond motifs is 1. The van der Waals surface area contributed by atoms with E-state index in [4.69, 9.17) is 0 Å². The summed E-state index contributed by atoms with van der Waals surface area (Å²) in [6, 6.07) is 19.1. The van der Waals surface area contributed by atoms with Crippen LogP contribution < -0.4 is 4.90 Å². The number of alkyl halides is 9. The van der Waals surface area contributed by atoms with Crippen LogP contribution in [0.2, 0.25) is 0 Å². The third-order valence-electron chi connectivity index (χ3n) is 6.99. The minimum absolute atomic E-state index is 0.00248. The molecule has 4 aromatic rings. The van der Waals surface area contributed by atoms with Crippen molar-refractivity contribution in [1.82, 2.24) is 0 Å². The minimum Gasteiger partial charge on any atom is -0.395 e. The van der Waals surface area contributed by atoms with Gasteiger partial charge in [-0.15, -0.1) is 10.2 Å². The zero-order chi connectivity index (χ0) is 35.5. The zero-order valence-electron chi connectivity index (χ0n) is 24.5. The summed E-state index contributed by atoms with van der Waals surface area (Å²) in [5, 5.41) is 20.0. The number of aliphatic hydroxyl groups is 1. The van der Waals surface area contributed by atoms with E-state index in [0.717, 1.165) is 5.69 Å². The fourth-order valence-corrected chi connectivity index (χ4v) is 5.61. The second-order valence-corrected chi connectivity index (χ2v) is 12.0. The van der Waals surface area contributed by atoms with Crippen molar-refractivity contribution in [3.8, 4) is 0 Å². The smallest absolute Gasteiger partial charge is 0.395 e. The van der Waals surface area contributed by atoms with E-state index in [1.807, 2.05) is 24.0 Å². The van der Waals surface area contributed by atoms with Crippen LogP contribution in [0.4, 0.5) is 68.0 Å². The molecule has 4 aromatic carbocycles. The van der Waals surface area contributed by atoms with Gasteiger partial charge in [0.15, 0.2) is 0 Å². The maximum atomic E-state index is 14.2. The van der Waals surface area contributed by atoms with Gasteiger partial charge in [0.05, 0.1) is 34.3 Å². The topological polar surface area (TPSA) is 107 Å². The lowest BCUT2D eigenvalue weighted by atomic mass is 10.1. The van der Waals surface area contributed by atoms with Crippen LogP contribution in [0, 0.1) is 0 Å². The molecule has 8 nitrogen and oxygen atoms in total. The fraction of sp³-hybridized carbons (Fsp3) is 0.267. The van der Waals surface area contributed by atoms with Gasteiger partial charge in [0, 0.05) is 29.5 Å². The lowest BCUT2D eigenvalue weighted by Crippen LogP contribution is -2.63. The molecule has 0 amide bonds. The molecule has 0 spiro atoms. The van der Waals surface area contributed by atoms with Crippen molar-refractivity contribution >= 4 is 49.0 Å². The highest BCUT2D eigenvalue weighted by atomic mass is 32.2. The second kappa shape index (κ2) is 13.5. The summed E-state index contributed by atoms with van der Waals surface area (Å²) in [7, 11) is -6.76. The number of rotatable bonds is 12. The number of likely N-dealkylation sites (N-methyl/N-ethyl adjacent to an activating group) is 1. The van der Waals surface area contributed by atoms with E-state index >= 15 is 0 Å². The lowest BCUT2D eigenvalue weighted by Gasteiger charge is -2.33. The summed E-state index contributed by atoms with van der Waals surface area (Å²) >= 11 is 0. The molecule has 48 heavy (non-hydrogen) atoms. The van der Waals surface area contributed by atoms with Crippen molar-refractivity contribution in [3.63, 3.8) is 0 Å². The summed E-state index contributed by atoms with van der Waals surface area (Å²) in [6.07, 6.45) is -7.17. The Bertz CT molecular complexity index is 1920. The van der Waals surface area contributed by atoms with Crippen LogP contribution in [0.1, 0.15) is 6.92 Å². The largest absolute Gasteiger partial charge is 0.460 e. The normalized spacial score (nSPS) is 13.6. The number of aliphatic hydroxyl groups excluding tert-OH is 1. The number of sulfone groups is 1. The van der Waals surface area contributed by atoms with E-state index in [1.165, 1.54) is 6.07 Å². The summed E-state index contributed by atoms with van der Waals surface area (Å²) in [5.41, 5.74) is 1.95. The molecule has 0 unspecified atom stereocenters. The number of nitrogens with zero attached hydrogens (tertiary/aromatic N) is 5. The van der Waals surface area contributed by atoms with Crippen molar-refractivity contribution in [2.75, 3.05) is 24.6 Å². The van der Waals surface area contributed by atoms with Gasteiger partial charge in [0.2, 0.25) is 9.84 Å². The third-order valence-corrected chi connectivity index (χ3v) is 8.82. The van der Waals surface area contributed by atoms with E-state index in [-0.39, 0.29) is 18.0 Å². The monoisotopic (exact) mass is 705 g/mol. The standard InChI is InChI=1S/C30H24F9N5O3S/c1-2-44(17-18-45)21-11-7-19(8-12-21)40-42-25-15-16-26(24-6-4-3-5-23(24)25)43-41-20-9-13-22(14-10-20)48(46,47)30(38,39)28(33,34)27(31,32)29(35,36)37/h3-16,45H,2,17-18H2,1H3. The molecule has 0 saturated heterocycles. The highest BCUT2D eigenvalue weighted by Gasteiger charge is 2.85. The first kappa shape index (κ1) is 36.3. The van der Waals surface area contributed by atoms with E-state index in [0.29, 0.717) is 59.5 Å². The van der Waals surface area contributed by atoms with Crippen molar-refractivity contribution in [2.45, 2.75) is 35.1 Å². The Morgan fingerprint density at radius 3 is 1.52 bits per heavy atom. The van der Waals surface area contributed by atoms with Crippen molar-refractivity contribution in [3.05, 3.63) is 84.9 Å². The van der Waals surface area contributed by atoms with E-state index in [1.54, 1.807) is 42.5 Å². The lowest BCUT2D eigenvalue weighted by molar-refractivity contribution is -0.382. The maximum Gasteiger partial charge on any atom is 0.460 e. The Hall–Kier alpha value is -4.58. The van der Waals surface area contributed by atoms with Crippen molar-refractivity contribution in [2.24, 2.45) is 20.5 Å². The van der Waals surface area contributed by atoms with Gasteiger partial charge in [0.1, 0.15) is 0 Å². The van der Waals surface area contributed by atoms with Gasteiger partial charge < -0.3 is 10.0 Å². The molecule has 18 heteroatoms. The van der Waals surface area contributed by atoms with Crippen LogP contribution in [0.3, 0.4) is 0 Å². The maximum absolute atomic E-state index is 14.2. The SMILES string of the molecule is CCN(CCO)c1ccc(N=Nc2ccc(N=Nc3ccc(S(=O)(=O)C(F)(F)C(F)(F)C(F)(F)C(F)(F)F)cc3)c3ccccc23)cc1. The zero-order valence-corrected chi connectivity index (χ0v) is 25.3. The Balaban J connectivity index is 1.57. The van der Waals surface area contributed by atoms with Crippen LogP contribution in [0.25, 0.3) is 10.8 Å². The molecule has 4 rings (SSSR count). The minimum atomic E-state index is -7.37. The molecule has 0 aromatic heterocycles. The first-order valence-corrected chi connectivity index (χ1v) is 15.2. The number of azo groups is 2. The average Bonchev–Trinajstić information content (AvgIpc) is 3.05. The highest BCUT2D eigenvalue weighted by Crippen LogP contribution is 2.55. The number of anilines is 1. The summed E-state index contributed by atoms with van der Waals surface area (Å²) in [4.78, 5) is 0.316. The Labute approximate surface area is 267 Å². The fourth-order valence-electron chi connectivity index (χ4n) is 4.35. The van der Waals surface area contributed by atoms with Crippen molar-refractivity contribution < 1.29 is 53.0 Å². The molecule has 0 bridgehead atoms. The highest BCUT2D eigenvalue weighted by molar-refractivity contribution is 7.92. The average molecular weight is 706 g/mol. The van der Waals surface area contributed by atoms with Gasteiger partial charge >= 0.3 is 23.3 Å². The Kier molecular flexibility index (Phi) is 10.2. The van der Waals surface area contributed by atoms with Gasteiger partial charge in [0.25, 0.3) is 0 Å². The van der Waals surface area contributed by atoms with Gasteiger partial charge in [-0.2, -0.15) is 49.7 Å². The van der Waals surface area contributed by atoms with Gasteiger partial charge in [-0.05, 0) is 67.6 Å². The van der Waals surface area contributed by atoms with Crippen LogP contribution in [-0.2, 0) is 9.84 Å². The second-order valence-electron chi connectivity index (χ2n) is 10.0. The van der Waals surface area contributed by atoms with Crippen LogP contribution >= 0.6 is 0 Å². The molecular formula is C30H24F9N5O3S. The first-order chi connectivity index (χ1) is 22.4. The van der Waals surface area contributed by atoms with Crippen LogP contribution in [0.15, 0.2) is 110 Å². The van der Waals surface area contributed by atoms with Gasteiger partial charge in [-0.3, -0.25) is 0 Å². The van der Waals surface area contributed by atoms with Crippen molar-refractivity contribution in [1.29, 1.82) is 0 Å². The molecule has 0 saturated carbocycles. The predicted molar refractivity (Wildman–Crippen MR) is 158 cm³/mol. The van der Waals surface area contributed by atoms with Crippen LogP contribution in [0.5, 0.6) is 0 Å². The molecule has 0 fully saturated rings. The van der Waals surface area contributed by atoms with Gasteiger partial charge in [-0.25, -0.2) is 8.42 Å². The predicted octanol–water partition coefficient (Wildman–Crippen LogP) is 9.69. The summed E-state index contributed by atoms with van der Waals surface area (Å²) in [5.74, 6) is -14.7. The number of hydrogen-bond donors (Lipinski definition) is 1. The van der Waals surface area contributed by atoms with E-state index in [9.17, 15) is 53.0 Å². The Morgan fingerprint density at radius 2 is 1.10 bits per heavy atom. The van der Waals surface area contributed by atoms with E-state index < -0.39 is 38.0 Å². The van der Waals surface area contributed by atoms with E-state index in [2.05, 4.69) is 20.5 Å². The molecule has 256 valence electrons. The molecule has 1 N–H and O–H groups in total. The first-order valence-electron chi connectivity index (χ1n) is 13.7. The quantitative estimate of drug-likeness (QED) is 0.117. The number of benzene rings is 4. The van der Waals surface area contributed by atoms with Crippen LogP contribution in [-0.4, -0.2) is 56.5 Å². The van der Waals surface area contributed by atoms with Gasteiger partial charge in [-0.1, -0.05) is 24.3 Å². The molecule has 0 aliphatic carbocycles. The number of hydrogen-bond acceptors (Lipinski definition) is 8. The molecule has 0 heterocycles. The molecule has 0 atom stereocenters. The summed E-state index contributed by atoms with van der Waals surface area (Å²) in [6.45, 7) is 3.13. The molecule has 0 aliphatic rings. The molecular weight excluding hydrogens is 681 g/mol. The summed E-state index contributed by atoms with van der Waals surface area (Å²) < 4.78 is 144. The number of halogens is 9. The third kappa shape index (κ3) is 6.71.